The zero-order chi connectivity index (χ0) is 23.0. The van der Waals surface area contributed by atoms with Gasteiger partial charge in [-0.05, 0) is 41.3 Å². The van der Waals surface area contributed by atoms with Crippen LogP contribution in [0.1, 0.15) is 34.5 Å². The zero-order valence-corrected chi connectivity index (χ0v) is 17.2. The Kier molecular flexibility index (Phi) is 5.13. The summed E-state index contributed by atoms with van der Waals surface area (Å²) in [5.74, 6) is -1.38. The molecule has 2 heterocycles. The lowest BCUT2D eigenvalue weighted by atomic mass is 9.98. The monoisotopic (exact) mass is 435 g/mol. The van der Waals surface area contributed by atoms with Gasteiger partial charge in [-0.3, -0.25) is 24.5 Å². The van der Waals surface area contributed by atoms with E-state index in [1.54, 1.807) is 18.2 Å². The van der Waals surface area contributed by atoms with Crippen LogP contribution < -0.4 is 21.7 Å². The summed E-state index contributed by atoms with van der Waals surface area (Å²) in [7, 11) is 0. The van der Waals surface area contributed by atoms with Gasteiger partial charge < -0.3 is 21.3 Å². The van der Waals surface area contributed by atoms with Gasteiger partial charge in [0.1, 0.15) is 11.6 Å². The molecule has 0 aromatic heterocycles. The average molecular weight is 435 g/mol. The van der Waals surface area contributed by atoms with Crippen LogP contribution in [-0.2, 0) is 20.9 Å². The number of urea groups is 1. The molecular formula is C22H21N5O5. The van der Waals surface area contributed by atoms with Crippen molar-refractivity contribution in [1.82, 2.24) is 20.9 Å². The fraction of sp³-hybridized carbons (Fsp3) is 0.227. The molecule has 5 N–H and O–H groups in total. The number of rotatable bonds is 7. The minimum Gasteiger partial charge on any atom is -0.368 e. The molecule has 2 aromatic carbocycles. The summed E-state index contributed by atoms with van der Waals surface area (Å²) < 4.78 is 0. The van der Waals surface area contributed by atoms with Crippen LogP contribution in [0.15, 0.2) is 42.5 Å². The molecule has 1 fully saturated rings. The lowest BCUT2D eigenvalue weighted by Crippen LogP contribution is -2.59. The number of nitrogens with zero attached hydrogens (tertiary/aromatic N) is 1. The number of hydrogen-bond donors (Lipinski definition) is 4. The van der Waals surface area contributed by atoms with Crippen molar-refractivity contribution in [1.29, 1.82) is 0 Å². The van der Waals surface area contributed by atoms with Gasteiger partial charge in [-0.2, -0.15) is 0 Å². The first-order valence-electron chi connectivity index (χ1n) is 9.87. The predicted octanol–water partition coefficient (Wildman–Crippen LogP) is 0.180. The Morgan fingerprint density at radius 1 is 1.19 bits per heavy atom. The number of amides is 6. The molecule has 10 heteroatoms. The molecule has 10 nitrogen and oxygen atoms in total. The number of carbonyl (C=O) groups is 5. The standard InChI is InChI=1S/C22H21N5O5/c1-22(20(23)31,24-11-28)10-27-9-15-8-14(6-7-16(15)19(27)30)12-2-4-13(5-3-12)17-18(29)26-21(32)25-17/h2-8,11,17H,9-10H2,1H3,(H2,23,31)(H,24,28)(H2,25,26,29,32). The maximum Gasteiger partial charge on any atom is 0.322 e. The van der Waals surface area contributed by atoms with Crippen molar-refractivity contribution < 1.29 is 24.0 Å². The van der Waals surface area contributed by atoms with E-state index in [9.17, 15) is 24.0 Å². The van der Waals surface area contributed by atoms with Gasteiger partial charge >= 0.3 is 6.03 Å². The van der Waals surface area contributed by atoms with Crippen LogP contribution in [0.25, 0.3) is 11.1 Å². The van der Waals surface area contributed by atoms with Crippen LogP contribution in [0.3, 0.4) is 0 Å². The van der Waals surface area contributed by atoms with E-state index in [1.165, 1.54) is 11.8 Å². The first-order chi connectivity index (χ1) is 15.2. The van der Waals surface area contributed by atoms with Gasteiger partial charge in [0.05, 0.1) is 6.54 Å². The summed E-state index contributed by atoms with van der Waals surface area (Å²) in [5.41, 5.74) is 7.75. The van der Waals surface area contributed by atoms with E-state index in [0.29, 0.717) is 17.5 Å². The zero-order valence-electron chi connectivity index (χ0n) is 17.2. The van der Waals surface area contributed by atoms with Crippen LogP contribution in [0.2, 0.25) is 0 Å². The second-order valence-electron chi connectivity index (χ2n) is 8.01. The highest BCUT2D eigenvalue weighted by atomic mass is 16.2. The average Bonchev–Trinajstić information content (AvgIpc) is 3.25. The minimum absolute atomic E-state index is 0.0478. The highest BCUT2D eigenvalue weighted by Crippen LogP contribution is 2.30. The highest BCUT2D eigenvalue weighted by molar-refractivity contribution is 6.04. The summed E-state index contributed by atoms with van der Waals surface area (Å²) in [5, 5.41) is 7.16. The Labute approximate surface area is 183 Å². The first-order valence-corrected chi connectivity index (χ1v) is 9.87. The molecule has 164 valence electrons. The number of hydrogen-bond acceptors (Lipinski definition) is 5. The van der Waals surface area contributed by atoms with Crippen LogP contribution in [-0.4, -0.2) is 47.1 Å². The van der Waals surface area contributed by atoms with Gasteiger partial charge in [-0.25, -0.2) is 4.79 Å². The van der Waals surface area contributed by atoms with Crippen molar-refractivity contribution in [2.45, 2.75) is 25.0 Å². The lowest BCUT2D eigenvalue weighted by molar-refractivity contribution is -0.127. The second-order valence-corrected chi connectivity index (χ2v) is 8.01. The normalized spacial score (nSPS) is 19.1. The Hall–Kier alpha value is -4.21. The number of nitrogens with one attached hydrogen (secondary N) is 3. The lowest BCUT2D eigenvalue weighted by Gasteiger charge is -2.30. The molecule has 0 spiro atoms. The van der Waals surface area contributed by atoms with Crippen LogP contribution in [0, 0.1) is 0 Å². The molecule has 1 saturated heterocycles. The number of fused-ring (bicyclic) bond motifs is 1. The molecule has 0 bridgehead atoms. The van der Waals surface area contributed by atoms with Crippen LogP contribution in [0.4, 0.5) is 4.79 Å². The van der Waals surface area contributed by atoms with Crippen molar-refractivity contribution in [3.8, 4) is 11.1 Å². The topological polar surface area (TPSA) is 151 Å². The van der Waals surface area contributed by atoms with Crippen molar-refractivity contribution in [3.63, 3.8) is 0 Å². The van der Waals surface area contributed by atoms with Crippen molar-refractivity contribution >= 4 is 30.2 Å². The minimum atomic E-state index is -1.37. The SMILES string of the molecule is CC(CN1Cc2cc(-c3ccc(C4NC(=O)NC4=O)cc3)ccc2C1=O)(NC=O)C(N)=O. The molecule has 2 unspecified atom stereocenters. The summed E-state index contributed by atoms with van der Waals surface area (Å²) >= 11 is 0. The van der Waals surface area contributed by atoms with Gasteiger partial charge in [-0.15, -0.1) is 0 Å². The molecule has 2 aromatic rings. The van der Waals surface area contributed by atoms with Gasteiger partial charge in [0, 0.05) is 12.1 Å². The Bertz CT molecular complexity index is 1150. The first kappa shape index (κ1) is 21.0. The smallest absolute Gasteiger partial charge is 0.322 e. The molecule has 4 rings (SSSR count). The van der Waals surface area contributed by atoms with Gasteiger partial charge in [0.15, 0.2) is 0 Å². The van der Waals surface area contributed by atoms with E-state index >= 15 is 0 Å². The van der Waals surface area contributed by atoms with Gasteiger partial charge in [0.25, 0.3) is 11.8 Å². The van der Waals surface area contributed by atoms with E-state index in [1.807, 2.05) is 24.3 Å². The maximum atomic E-state index is 12.8. The Morgan fingerprint density at radius 3 is 2.47 bits per heavy atom. The van der Waals surface area contributed by atoms with E-state index in [4.69, 9.17) is 5.73 Å². The second kappa shape index (κ2) is 7.80. The molecule has 32 heavy (non-hydrogen) atoms. The largest absolute Gasteiger partial charge is 0.368 e. The molecule has 0 saturated carbocycles. The molecule has 2 aliphatic heterocycles. The van der Waals surface area contributed by atoms with Crippen LogP contribution in [0.5, 0.6) is 0 Å². The van der Waals surface area contributed by atoms with Crippen molar-refractivity contribution in [3.05, 3.63) is 59.2 Å². The van der Waals surface area contributed by atoms with Gasteiger partial charge in [0.2, 0.25) is 12.3 Å². The number of primary amides is 1. The van der Waals surface area contributed by atoms with E-state index < -0.39 is 29.4 Å². The third-order valence-electron chi connectivity index (χ3n) is 5.76. The molecular weight excluding hydrogens is 414 g/mol. The quantitative estimate of drug-likeness (QED) is 0.361. The summed E-state index contributed by atoms with van der Waals surface area (Å²) in [6.07, 6.45) is 0.390. The third-order valence-corrected chi connectivity index (χ3v) is 5.76. The number of imide groups is 1. The molecule has 2 aliphatic rings. The summed E-state index contributed by atoms with van der Waals surface area (Å²) in [4.78, 5) is 60.1. The molecule has 0 aliphatic carbocycles. The maximum absolute atomic E-state index is 12.8. The predicted molar refractivity (Wildman–Crippen MR) is 113 cm³/mol. The van der Waals surface area contributed by atoms with E-state index in [0.717, 1.165) is 16.7 Å². The highest BCUT2D eigenvalue weighted by Gasteiger charge is 2.38. The fourth-order valence-corrected chi connectivity index (χ4v) is 3.91. The van der Waals surface area contributed by atoms with Gasteiger partial charge in [-0.1, -0.05) is 30.3 Å². The van der Waals surface area contributed by atoms with Crippen molar-refractivity contribution in [2.24, 2.45) is 5.73 Å². The fourth-order valence-electron chi connectivity index (χ4n) is 3.91. The third kappa shape index (κ3) is 3.66. The summed E-state index contributed by atoms with van der Waals surface area (Å²) in [6, 6.07) is 11.4. The number of carbonyl (C=O) groups excluding carboxylic acids is 5. The Balaban J connectivity index is 1.54. The molecule has 0 radical (unpaired) electrons. The number of benzene rings is 2. The molecule has 2 atom stereocenters. The summed E-state index contributed by atoms with van der Waals surface area (Å²) in [6.45, 7) is 1.70. The molecule has 6 amide bonds. The van der Waals surface area contributed by atoms with E-state index in [2.05, 4.69) is 16.0 Å². The van der Waals surface area contributed by atoms with Crippen molar-refractivity contribution in [2.75, 3.05) is 6.54 Å². The number of nitrogens with two attached hydrogens (primary N) is 1. The Morgan fingerprint density at radius 2 is 1.88 bits per heavy atom. The van der Waals surface area contributed by atoms with E-state index in [-0.39, 0.29) is 19.0 Å². The van der Waals surface area contributed by atoms with Crippen LogP contribution >= 0.6 is 0 Å².